The van der Waals surface area contributed by atoms with E-state index in [1.807, 2.05) is 6.21 Å². The molecule has 0 saturated heterocycles. The number of aryl methyl sites for hydroxylation is 3. The van der Waals surface area contributed by atoms with E-state index in [1.54, 1.807) is 0 Å². The minimum atomic E-state index is 0.140. The number of hydrogen-bond donors (Lipinski definition) is 1. The van der Waals surface area contributed by atoms with E-state index in [2.05, 4.69) is 101 Å². The highest BCUT2D eigenvalue weighted by Gasteiger charge is 2.23. The standard InChI is InChI=1S/C25H30N2/c1-17-14-18(2)24(19(3)15-17)27-26-16-20-10-7-8-11-21(20)22-12-9-13-23(22)25(4,5)6/h7-11,13-16,27H,12H2,1-6H3. The lowest BCUT2D eigenvalue weighted by atomic mass is 9.82. The molecule has 0 aromatic heterocycles. The molecule has 3 rings (SSSR count). The van der Waals surface area contributed by atoms with Gasteiger partial charge in [0.15, 0.2) is 0 Å². The largest absolute Gasteiger partial charge is 0.278 e. The van der Waals surface area contributed by atoms with Crippen molar-refractivity contribution in [1.29, 1.82) is 0 Å². The monoisotopic (exact) mass is 358 g/mol. The van der Waals surface area contributed by atoms with Gasteiger partial charge in [-0.25, -0.2) is 0 Å². The lowest BCUT2D eigenvalue weighted by Gasteiger charge is -2.22. The van der Waals surface area contributed by atoms with Gasteiger partial charge in [0, 0.05) is 5.56 Å². The highest BCUT2D eigenvalue weighted by Crippen LogP contribution is 2.39. The van der Waals surface area contributed by atoms with Crippen LogP contribution in [0.5, 0.6) is 0 Å². The van der Waals surface area contributed by atoms with Crippen LogP contribution in [0.3, 0.4) is 0 Å². The summed E-state index contributed by atoms with van der Waals surface area (Å²) < 4.78 is 0. The molecule has 0 saturated carbocycles. The molecule has 140 valence electrons. The summed E-state index contributed by atoms with van der Waals surface area (Å²) in [5.74, 6) is 0. The zero-order valence-corrected chi connectivity index (χ0v) is 17.4. The molecule has 2 aromatic rings. The molecule has 1 N–H and O–H groups in total. The van der Waals surface area contributed by atoms with Crippen molar-refractivity contribution in [3.8, 4) is 0 Å². The number of nitrogens with one attached hydrogen (secondary N) is 1. The Labute approximate surface area is 163 Å². The smallest absolute Gasteiger partial charge is 0.0620 e. The molecule has 0 unspecified atom stereocenters. The second-order valence-corrected chi connectivity index (χ2v) is 8.48. The van der Waals surface area contributed by atoms with Crippen LogP contribution in [-0.2, 0) is 0 Å². The van der Waals surface area contributed by atoms with Crippen LogP contribution in [0.15, 0.2) is 59.2 Å². The van der Waals surface area contributed by atoms with Gasteiger partial charge >= 0.3 is 0 Å². The fourth-order valence-corrected chi connectivity index (χ4v) is 3.87. The molecular weight excluding hydrogens is 328 g/mol. The maximum absolute atomic E-state index is 4.56. The number of hydrazone groups is 1. The zero-order valence-electron chi connectivity index (χ0n) is 17.4. The van der Waals surface area contributed by atoms with Gasteiger partial charge in [0.25, 0.3) is 0 Å². The molecule has 0 aliphatic heterocycles. The van der Waals surface area contributed by atoms with Gasteiger partial charge in [-0.05, 0) is 60.4 Å². The normalized spacial score (nSPS) is 14.4. The number of allylic oxidation sites excluding steroid dienone is 4. The SMILES string of the molecule is Cc1cc(C)c(NN=Cc2ccccc2C2=C(C(C)(C)C)C=CC2)c(C)c1. The molecule has 1 aliphatic rings. The molecule has 0 radical (unpaired) electrons. The molecule has 2 nitrogen and oxygen atoms in total. The van der Waals surface area contributed by atoms with Crippen molar-refractivity contribution >= 4 is 17.5 Å². The molecule has 27 heavy (non-hydrogen) atoms. The van der Waals surface area contributed by atoms with Crippen LogP contribution in [0.2, 0.25) is 0 Å². The van der Waals surface area contributed by atoms with Crippen LogP contribution < -0.4 is 5.43 Å². The third kappa shape index (κ3) is 4.21. The molecule has 0 heterocycles. The van der Waals surface area contributed by atoms with Crippen molar-refractivity contribution in [2.45, 2.75) is 48.0 Å². The van der Waals surface area contributed by atoms with Gasteiger partial charge in [-0.3, -0.25) is 5.43 Å². The Balaban J connectivity index is 1.91. The average Bonchev–Trinajstić information content (AvgIpc) is 3.07. The van der Waals surface area contributed by atoms with Crippen molar-refractivity contribution in [2.24, 2.45) is 10.5 Å². The molecule has 2 heteroatoms. The number of benzene rings is 2. The van der Waals surface area contributed by atoms with Crippen LogP contribution in [0.25, 0.3) is 5.57 Å². The first-order valence-electron chi connectivity index (χ1n) is 9.64. The number of anilines is 1. The summed E-state index contributed by atoms with van der Waals surface area (Å²) >= 11 is 0. The lowest BCUT2D eigenvalue weighted by Crippen LogP contribution is -2.09. The molecule has 2 aromatic carbocycles. The molecule has 0 spiro atoms. The van der Waals surface area contributed by atoms with Gasteiger partial charge in [0.1, 0.15) is 0 Å². The van der Waals surface area contributed by atoms with Crippen molar-refractivity contribution in [1.82, 2.24) is 0 Å². The summed E-state index contributed by atoms with van der Waals surface area (Å²) in [7, 11) is 0. The van der Waals surface area contributed by atoms with E-state index in [0.29, 0.717) is 0 Å². The Morgan fingerprint density at radius 1 is 1.00 bits per heavy atom. The van der Waals surface area contributed by atoms with Gasteiger partial charge in [0.2, 0.25) is 0 Å². The quantitative estimate of drug-likeness (QED) is 0.471. The predicted octanol–water partition coefficient (Wildman–Crippen LogP) is 6.82. The third-order valence-electron chi connectivity index (χ3n) is 5.08. The van der Waals surface area contributed by atoms with Gasteiger partial charge in [0.05, 0.1) is 11.9 Å². The Morgan fingerprint density at radius 3 is 2.33 bits per heavy atom. The summed E-state index contributed by atoms with van der Waals surface area (Å²) in [6, 6.07) is 12.9. The second kappa shape index (κ2) is 7.56. The topological polar surface area (TPSA) is 24.4 Å². The van der Waals surface area contributed by atoms with E-state index >= 15 is 0 Å². The van der Waals surface area contributed by atoms with Crippen LogP contribution in [0, 0.1) is 26.2 Å². The predicted molar refractivity (Wildman–Crippen MR) is 118 cm³/mol. The summed E-state index contributed by atoms with van der Waals surface area (Å²) in [5.41, 5.74) is 13.4. The van der Waals surface area contributed by atoms with Gasteiger partial charge in [-0.15, -0.1) is 0 Å². The van der Waals surface area contributed by atoms with E-state index in [4.69, 9.17) is 0 Å². The van der Waals surface area contributed by atoms with E-state index in [-0.39, 0.29) is 5.41 Å². The summed E-state index contributed by atoms with van der Waals surface area (Å²) in [6.45, 7) is 13.2. The van der Waals surface area contributed by atoms with Crippen molar-refractivity contribution in [3.05, 3.63) is 81.9 Å². The second-order valence-electron chi connectivity index (χ2n) is 8.48. The van der Waals surface area contributed by atoms with Crippen molar-refractivity contribution in [2.75, 3.05) is 5.43 Å². The first-order chi connectivity index (χ1) is 12.8. The number of nitrogens with zero attached hydrogens (tertiary/aromatic N) is 1. The zero-order chi connectivity index (χ0) is 19.6. The highest BCUT2D eigenvalue weighted by atomic mass is 15.3. The maximum atomic E-state index is 4.56. The van der Waals surface area contributed by atoms with E-state index in [9.17, 15) is 0 Å². The summed E-state index contributed by atoms with van der Waals surface area (Å²) in [4.78, 5) is 0. The fourth-order valence-electron chi connectivity index (χ4n) is 3.87. The molecular formula is C25H30N2. The number of hydrogen-bond acceptors (Lipinski definition) is 2. The van der Waals surface area contributed by atoms with Crippen molar-refractivity contribution < 1.29 is 0 Å². The van der Waals surface area contributed by atoms with Gasteiger partial charge in [-0.2, -0.15) is 5.10 Å². The number of rotatable bonds is 4. The van der Waals surface area contributed by atoms with Crippen LogP contribution in [0.4, 0.5) is 5.69 Å². The minimum Gasteiger partial charge on any atom is -0.278 e. The van der Waals surface area contributed by atoms with Gasteiger partial charge < -0.3 is 0 Å². The van der Waals surface area contributed by atoms with Crippen LogP contribution in [0.1, 0.15) is 55.0 Å². The van der Waals surface area contributed by atoms with E-state index in [0.717, 1.165) is 17.7 Å². The first kappa shape index (κ1) is 19.2. The van der Waals surface area contributed by atoms with E-state index in [1.165, 1.54) is 33.4 Å². The molecule has 0 fully saturated rings. The van der Waals surface area contributed by atoms with E-state index < -0.39 is 0 Å². The van der Waals surface area contributed by atoms with Crippen LogP contribution >= 0.6 is 0 Å². The fraction of sp³-hybridized carbons (Fsp3) is 0.320. The minimum absolute atomic E-state index is 0.140. The third-order valence-corrected chi connectivity index (χ3v) is 5.08. The summed E-state index contributed by atoms with van der Waals surface area (Å²) in [5, 5.41) is 4.56. The van der Waals surface area contributed by atoms with Crippen molar-refractivity contribution in [3.63, 3.8) is 0 Å². The lowest BCUT2D eigenvalue weighted by molar-refractivity contribution is 0.520. The Morgan fingerprint density at radius 2 is 1.67 bits per heavy atom. The Hall–Kier alpha value is -2.61. The molecule has 0 amide bonds. The van der Waals surface area contributed by atoms with Crippen LogP contribution in [-0.4, -0.2) is 6.21 Å². The Kier molecular flexibility index (Phi) is 5.36. The molecule has 0 bridgehead atoms. The maximum Gasteiger partial charge on any atom is 0.0620 e. The average molecular weight is 359 g/mol. The molecule has 1 aliphatic carbocycles. The highest BCUT2D eigenvalue weighted by molar-refractivity contribution is 5.91. The summed E-state index contributed by atoms with van der Waals surface area (Å²) in [6.07, 6.45) is 7.47. The van der Waals surface area contributed by atoms with Gasteiger partial charge in [-0.1, -0.05) is 74.9 Å². The first-order valence-corrected chi connectivity index (χ1v) is 9.64. The molecule has 0 atom stereocenters. The Bertz CT molecular complexity index is 914.